The molecule has 2 heterocycles. The highest BCUT2D eigenvalue weighted by molar-refractivity contribution is 6.00. The zero-order valence-electron chi connectivity index (χ0n) is 17.5. The van der Waals surface area contributed by atoms with E-state index in [2.05, 4.69) is 4.98 Å². The van der Waals surface area contributed by atoms with Crippen LogP contribution in [-0.2, 0) is 16.0 Å². The molecule has 1 aliphatic rings. The molecule has 1 N–H and O–H groups in total. The number of aryl methyl sites for hydroxylation is 1. The van der Waals surface area contributed by atoms with Crippen molar-refractivity contribution in [2.75, 3.05) is 32.8 Å². The van der Waals surface area contributed by atoms with Crippen molar-refractivity contribution in [2.45, 2.75) is 27.2 Å². The fourth-order valence-electron chi connectivity index (χ4n) is 3.68. The minimum atomic E-state index is -0.445. The summed E-state index contributed by atoms with van der Waals surface area (Å²) in [5, 5.41) is 0. The summed E-state index contributed by atoms with van der Waals surface area (Å²) in [4.78, 5) is 44.0. The molecule has 0 aliphatic carbocycles. The smallest absolute Gasteiger partial charge is 0.340 e. The Morgan fingerprint density at radius 3 is 2.23 bits per heavy atom. The van der Waals surface area contributed by atoms with Crippen LogP contribution in [0.4, 0.5) is 4.39 Å². The topological polar surface area (TPSA) is 82.7 Å². The van der Waals surface area contributed by atoms with E-state index in [1.807, 2.05) is 0 Å². The quantitative estimate of drug-likeness (QED) is 0.761. The molecular weight excluding hydrogens is 389 g/mol. The summed E-state index contributed by atoms with van der Waals surface area (Å²) in [6, 6.07) is 5.88. The number of carbonyl (C=O) groups is 3. The SMILES string of the molecule is CCOC(=O)c1c(C)[nH]c(C(=O)N2CCN(C(=O)Cc3ccc(F)cc3)CC2)c1C. The molecule has 1 aliphatic heterocycles. The van der Waals surface area contributed by atoms with Crippen molar-refractivity contribution < 1.29 is 23.5 Å². The molecule has 0 radical (unpaired) electrons. The van der Waals surface area contributed by atoms with E-state index in [9.17, 15) is 18.8 Å². The number of nitrogens with zero attached hydrogens (tertiary/aromatic N) is 2. The van der Waals surface area contributed by atoms with E-state index >= 15 is 0 Å². The molecule has 1 fully saturated rings. The van der Waals surface area contributed by atoms with Crippen LogP contribution < -0.4 is 0 Å². The summed E-state index contributed by atoms with van der Waals surface area (Å²) in [7, 11) is 0. The van der Waals surface area contributed by atoms with Gasteiger partial charge in [0.15, 0.2) is 0 Å². The third-order valence-corrected chi connectivity index (χ3v) is 5.32. The highest BCUT2D eigenvalue weighted by Crippen LogP contribution is 2.21. The van der Waals surface area contributed by atoms with Gasteiger partial charge in [0.2, 0.25) is 5.91 Å². The molecule has 0 atom stereocenters. The lowest BCUT2D eigenvalue weighted by atomic mass is 10.1. The number of carbonyl (C=O) groups excluding carboxylic acids is 3. The van der Waals surface area contributed by atoms with E-state index in [1.165, 1.54) is 12.1 Å². The maximum Gasteiger partial charge on any atom is 0.340 e. The molecule has 1 saturated heterocycles. The number of piperazine rings is 1. The maximum atomic E-state index is 13.0. The molecule has 8 heteroatoms. The van der Waals surface area contributed by atoms with Crippen molar-refractivity contribution in [3.8, 4) is 0 Å². The Bertz CT molecular complexity index is 944. The van der Waals surface area contributed by atoms with Crippen molar-refractivity contribution >= 4 is 17.8 Å². The predicted octanol–water partition coefficient (Wildman–Crippen LogP) is 2.47. The van der Waals surface area contributed by atoms with Crippen LogP contribution >= 0.6 is 0 Å². The Hall–Kier alpha value is -3.16. The molecule has 2 aromatic rings. The first-order valence-electron chi connectivity index (χ1n) is 9.99. The van der Waals surface area contributed by atoms with E-state index in [0.29, 0.717) is 48.7 Å². The maximum absolute atomic E-state index is 13.0. The lowest BCUT2D eigenvalue weighted by Gasteiger charge is -2.34. The second kappa shape index (κ2) is 9.11. The van der Waals surface area contributed by atoms with Gasteiger partial charge < -0.3 is 19.5 Å². The molecule has 30 heavy (non-hydrogen) atoms. The van der Waals surface area contributed by atoms with Crippen LogP contribution in [-0.4, -0.2) is 65.4 Å². The van der Waals surface area contributed by atoms with Crippen LogP contribution in [0, 0.1) is 19.7 Å². The summed E-state index contributed by atoms with van der Waals surface area (Å²) in [5.74, 6) is -1.03. The minimum absolute atomic E-state index is 0.0507. The Morgan fingerprint density at radius 2 is 1.63 bits per heavy atom. The third kappa shape index (κ3) is 4.53. The molecule has 3 rings (SSSR count). The number of H-pyrrole nitrogens is 1. The standard InChI is InChI=1S/C22H26FN3O4/c1-4-30-22(29)19-14(2)20(24-15(19)3)21(28)26-11-9-25(10-12-26)18(27)13-16-5-7-17(23)8-6-16/h5-8,24H,4,9-13H2,1-3H3. The Morgan fingerprint density at radius 1 is 1.03 bits per heavy atom. The fourth-order valence-corrected chi connectivity index (χ4v) is 3.68. The number of nitrogens with one attached hydrogen (secondary N) is 1. The first kappa shape index (κ1) is 21.5. The summed E-state index contributed by atoms with van der Waals surface area (Å²) < 4.78 is 18.1. The Balaban J connectivity index is 1.61. The van der Waals surface area contributed by atoms with E-state index in [0.717, 1.165) is 5.56 Å². The lowest BCUT2D eigenvalue weighted by Crippen LogP contribution is -2.51. The molecule has 1 aromatic heterocycles. The van der Waals surface area contributed by atoms with Crippen molar-refractivity contribution in [3.05, 3.63) is 58.2 Å². The van der Waals surface area contributed by atoms with Gasteiger partial charge in [-0.25, -0.2) is 9.18 Å². The number of rotatable bonds is 5. The summed E-state index contributed by atoms with van der Waals surface area (Å²) in [6.45, 7) is 7.12. The lowest BCUT2D eigenvalue weighted by molar-refractivity contribution is -0.131. The molecule has 7 nitrogen and oxygen atoms in total. The minimum Gasteiger partial charge on any atom is -0.462 e. The largest absolute Gasteiger partial charge is 0.462 e. The van der Waals surface area contributed by atoms with Gasteiger partial charge in [0.05, 0.1) is 18.6 Å². The van der Waals surface area contributed by atoms with Gasteiger partial charge in [0.25, 0.3) is 5.91 Å². The molecular formula is C22H26FN3O4. The van der Waals surface area contributed by atoms with Crippen LogP contribution in [0.15, 0.2) is 24.3 Å². The zero-order valence-corrected chi connectivity index (χ0v) is 17.5. The highest BCUT2D eigenvalue weighted by Gasteiger charge is 2.29. The van der Waals surface area contributed by atoms with Gasteiger partial charge in [-0.15, -0.1) is 0 Å². The second-order valence-corrected chi connectivity index (χ2v) is 7.32. The molecule has 160 valence electrons. The molecule has 2 amide bonds. The van der Waals surface area contributed by atoms with E-state index < -0.39 is 5.97 Å². The zero-order chi connectivity index (χ0) is 21.8. The number of ether oxygens (including phenoxy) is 1. The number of amides is 2. The normalized spacial score (nSPS) is 14.0. The Labute approximate surface area is 174 Å². The van der Waals surface area contributed by atoms with Crippen LogP contribution in [0.3, 0.4) is 0 Å². The molecule has 0 unspecified atom stereocenters. The van der Waals surface area contributed by atoms with Gasteiger partial charge in [0.1, 0.15) is 11.5 Å². The summed E-state index contributed by atoms with van der Waals surface area (Å²) >= 11 is 0. The number of esters is 1. The Kier molecular flexibility index (Phi) is 6.54. The number of hydrogen-bond acceptors (Lipinski definition) is 4. The van der Waals surface area contributed by atoms with E-state index in [-0.39, 0.29) is 30.7 Å². The van der Waals surface area contributed by atoms with Gasteiger partial charge in [-0.3, -0.25) is 9.59 Å². The first-order valence-corrected chi connectivity index (χ1v) is 9.99. The van der Waals surface area contributed by atoms with Crippen molar-refractivity contribution in [1.29, 1.82) is 0 Å². The van der Waals surface area contributed by atoms with Crippen molar-refractivity contribution in [3.63, 3.8) is 0 Å². The van der Waals surface area contributed by atoms with Crippen LogP contribution in [0.5, 0.6) is 0 Å². The monoisotopic (exact) mass is 415 g/mol. The van der Waals surface area contributed by atoms with Gasteiger partial charge in [-0.2, -0.15) is 0 Å². The van der Waals surface area contributed by atoms with Gasteiger partial charge >= 0.3 is 5.97 Å². The summed E-state index contributed by atoms with van der Waals surface area (Å²) in [6.07, 6.45) is 0.200. The number of halogens is 1. The third-order valence-electron chi connectivity index (χ3n) is 5.32. The molecule has 0 saturated carbocycles. The van der Waals surface area contributed by atoms with Crippen LogP contribution in [0.1, 0.15) is 44.6 Å². The van der Waals surface area contributed by atoms with Crippen molar-refractivity contribution in [2.24, 2.45) is 0 Å². The second-order valence-electron chi connectivity index (χ2n) is 7.32. The average Bonchev–Trinajstić information content (AvgIpc) is 3.03. The number of aromatic nitrogens is 1. The number of hydrogen-bond donors (Lipinski definition) is 1. The fraction of sp³-hybridized carbons (Fsp3) is 0.409. The predicted molar refractivity (Wildman–Crippen MR) is 109 cm³/mol. The van der Waals surface area contributed by atoms with Crippen LogP contribution in [0.2, 0.25) is 0 Å². The molecule has 0 spiro atoms. The van der Waals surface area contributed by atoms with E-state index in [4.69, 9.17) is 4.74 Å². The van der Waals surface area contributed by atoms with Crippen LogP contribution in [0.25, 0.3) is 0 Å². The number of benzene rings is 1. The van der Waals surface area contributed by atoms with Gasteiger partial charge in [0, 0.05) is 31.9 Å². The average molecular weight is 415 g/mol. The van der Waals surface area contributed by atoms with Gasteiger partial charge in [-0.05, 0) is 44.0 Å². The number of aromatic amines is 1. The molecule has 0 bridgehead atoms. The highest BCUT2D eigenvalue weighted by atomic mass is 19.1. The first-order chi connectivity index (χ1) is 14.3. The van der Waals surface area contributed by atoms with Crippen molar-refractivity contribution in [1.82, 2.24) is 14.8 Å². The van der Waals surface area contributed by atoms with E-state index in [1.54, 1.807) is 42.7 Å². The summed E-state index contributed by atoms with van der Waals surface area (Å²) in [5.41, 5.74) is 2.70. The van der Waals surface area contributed by atoms with Gasteiger partial charge in [-0.1, -0.05) is 12.1 Å². The molecule has 1 aromatic carbocycles.